The van der Waals surface area contributed by atoms with Gasteiger partial charge in [0.25, 0.3) is 0 Å². The Hall–Kier alpha value is -1.74. The van der Waals surface area contributed by atoms with Crippen LogP contribution in [-0.2, 0) is 6.42 Å². The lowest BCUT2D eigenvalue weighted by molar-refractivity contribution is 0.213. The van der Waals surface area contributed by atoms with Gasteiger partial charge in [0.15, 0.2) is 0 Å². The standard InChI is InChI=1S/C16H18FNO/c1-4-12-9-18-6-5-13(12)16(19)15-11(3)7-10(2)8-14(15)17/h5-9,16,19H,4H2,1-3H3. The van der Waals surface area contributed by atoms with Gasteiger partial charge in [0.2, 0.25) is 0 Å². The van der Waals surface area contributed by atoms with E-state index in [2.05, 4.69) is 4.98 Å². The van der Waals surface area contributed by atoms with Gasteiger partial charge in [-0.25, -0.2) is 4.39 Å². The van der Waals surface area contributed by atoms with Gasteiger partial charge in [-0.2, -0.15) is 0 Å². The summed E-state index contributed by atoms with van der Waals surface area (Å²) in [5.74, 6) is -0.358. The molecule has 1 aromatic heterocycles. The summed E-state index contributed by atoms with van der Waals surface area (Å²) in [6, 6.07) is 5.09. The summed E-state index contributed by atoms with van der Waals surface area (Å²) in [4.78, 5) is 4.05. The van der Waals surface area contributed by atoms with Gasteiger partial charge in [-0.05, 0) is 54.7 Å². The largest absolute Gasteiger partial charge is 0.384 e. The number of pyridine rings is 1. The Balaban J connectivity index is 2.53. The first kappa shape index (κ1) is 13.7. The second kappa shape index (κ2) is 5.49. The molecule has 1 aromatic carbocycles. The third-order valence-corrected chi connectivity index (χ3v) is 3.37. The molecule has 0 aliphatic rings. The van der Waals surface area contributed by atoms with Gasteiger partial charge in [-0.15, -0.1) is 0 Å². The minimum absolute atomic E-state index is 0.353. The Bertz CT molecular complexity index is 572. The average Bonchev–Trinajstić information content (AvgIpc) is 2.37. The number of rotatable bonds is 3. The minimum atomic E-state index is -0.946. The highest BCUT2D eigenvalue weighted by atomic mass is 19.1. The lowest BCUT2D eigenvalue weighted by atomic mass is 9.93. The van der Waals surface area contributed by atoms with Gasteiger partial charge >= 0.3 is 0 Å². The summed E-state index contributed by atoms with van der Waals surface area (Å²) in [7, 11) is 0. The van der Waals surface area contributed by atoms with E-state index in [1.807, 2.05) is 26.8 Å². The summed E-state index contributed by atoms with van der Waals surface area (Å²) in [6.45, 7) is 5.66. The lowest BCUT2D eigenvalue weighted by Crippen LogP contribution is -2.08. The molecular weight excluding hydrogens is 241 g/mol. The zero-order valence-electron chi connectivity index (χ0n) is 11.4. The molecule has 1 N–H and O–H groups in total. The maximum absolute atomic E-state index is 14.1. The van der Waals surface area contributed by atoms with Crippen LogP contribution in [0.1, 0.15) is 40.8 Å². The number of aliphatic hydroxyl groups is 1. The van der Waals surface area contributed by atoms with Crippen LogP contribution in [0.2, 0.25) is 0 Å². The molecule has 1 unspecified atom stereocenters. The van der Waals surface area contributed by atoms with E-state index < -0.39 is 6.10 Å². The van der Waals surface area contributed by atoms with Crippen molar-refractivity contribution in [3.63, 3.8) is 0 Å². The molecular formula is C16H18FNO. The lowest BCUT2D eigenvalue weighted by Gasteiger charge is -2.18. The smallest absolute Gasteiger partial charge is 0.129 e. The number of benzene rings is 1. The van der Waals surface area contributed by atoms with Gasteiger partial charge in [0.1, 0.15) is 11.9 Å². The fourth-order valence-corrected chi connectivity index (χ4v) is 2.43. The highest BCUT2D eigenvalue weighted by Crippen LogP contribution is 2.30. The fraction of sp³-hybridized carbons (Fsp3) is 0.312. The van der Waals surface area contributed by atoms with E-state index in [0.717, 1.165) is 28.7 Å². The number of aryl methyl sites for hydroxylation is 3. The van der Waals surface area contributed by atoms with Crippen molar-refractivity contribution >= 4 is 0 Å². The van der Waals surface area contributed by atoms with E-state index >= 15 is 0 Å². The Morgan fingerprint density at radius 1 is 1.32 bits per heavy atom. The topological polar surface area (TPSA) is 33.1 Å². The summed E-state index contributed by atoms with van der Waals surface area (Å²) in [5.41, 5.74) is 3.64. The second-order valence-corrected chi connectivity index (χ2v) is 4.81. The van der Waals surface area contributed by atoms with Crippen LogP contribution >= 0.6 is 0 Å². The van der Waals surface area contributed by atoms with Crippen molar-refractivity contribution in [2.24, 2.45) is 0 Å². The number of hydrogen-bond acceptors (Lipinski definition) is 2. The minimum Gasteiger partial charge on any atom is -0.384 e. The first-order chi connectivity index (χ1) is 9.04. The zero-order chi connectivity index (χ0) is 14.0. The van der Waals surface area contributed by atoms with E-state index in [4.69, 9.17) is 0 Å². The van der Waals surface area contributed by atoms with Gasteiger partial charge in [-0.1, -0.05) is 13.0 Å². The zero-order valence-corrected chi connectivity index (χ0v) is 11.4. The summed E-state index contributed by atoms with van der Waals surface area (Å²) >= 11 is 0. The van der Waals surface area contributed by atoms with Gasteiger partial charge < -0.3 is 5.11 Å². The van der Waals surface area contributed by atoms with Crippen LogP contribution in [0.5, 0.6) is 0 Å². The quantitative estimate of drug-likeness (QED) is 0.915. The predicted molar refractivity (Wildman–Crippen MR) is 73.6 cm³/mol. The molecule has 2 nitrogen and oxygen atoms in total. The maximum atomic E-state index is 14.1. The summed E-state index contributed by atoms with van der Waals surface area (Å²) < 4.78 is 14.1. The third-order valence-electron chi connectivity index (χ3n) is 3.37. The molecule has 0 aliphatic carbocycles. The first-order valence-corrected chi connectivity index (χ1v) is 6.42. The molecule has 0 bridgehead atoms. The molecule has 0 fully saturated rings. The first-order valence-electron chi connectivity index (χ1n) is 6.42. The van der Waals surface area contributed by atoms with E-state index in [-0.39, 0.29) is 5.82 Å². The number of halogens is 1. The fourth-order valence-electron chi connectivity index (χ4n) is 2.43. The molecule has 0 saturated heterocycles. The number of hydrogen-bond donors (Lipinski definition) is 1. The molecule has 0 amide bonds. The second-order valence-electron chi connectivity index (χ2n) is 4.81. The Morgan fingerprint density at radius 3 is 2.68 bits per heavy atom. The van der Waals surface area contributed by atoms with E-state index in [1.165, 1.54) is 6.07 Å². The molecule has 0 spiro atoms. The van der Waals surface area contributed by atoms with Crippen molar-refractivity contribution in [3.8, 4) is 0 Å². The van der Waals surface area contributed by atoms with E-state index in [0.29, 0.717) is 5.56 Å². The van der Waals surface area contributed by atoms with Crippen LogP contribution in [0, 0.1) is 19.7 Å². The average molecular weight is 259 g/mol. The SMILES string of the molecule is CCc1cnccc1C(O)c1c(C)cc(C)cc1F. The summed E-state index contributed by atoms with van der Waals surface area (Å²) in [5, 5.41) is 10.5. The Labute approximate surface area is 112 Å². The molecule has 0 radical (unpaired) electrons. The van der Waals surface area contributed by atoms with Gasteiger partial charge in [0.05, 0.1) is 0 Å². The number of aliphatic hydroxyl groups excluding tert-OH is 1. The molecule has 19 heavy (non-hydrogen) atoms. The molecule has 0 saturated carbocycles. The molecule has 2 rings (SSSR count). The van der Waals surface area contributed by atoms with Crippen LogP contribution < -0.4 is 0 Å². The highest BCUT2D eigenvalue weighted by molar-refractivity contribution is 5.40. The van der Waals surface area contributed by atoms with Gasteiger partial charge in [0, 0.05) is 18.0 Å². The van der Waals surface area contributed by atoms with Crippen molar-refractivity contribution in [2.75, 3.05) is 0 Å². The highest BCUT2D eigenvalue weighted by Gasteiger charge is 2.20. The Morgan fingerprint density at radius 2 is 2.05 bits per heavy atom. The number of nitrogens with zero attached hydrogens (tertiary/aromatic N) is 1. The van der Waals surface area contributed by atoms with Crippen LogP contribution in [0.3, 0.4) is 0 Å². The molecule has 1 atom stereocenters. The van der Waals surface area contributed by atoms with Crippen LogP contribution in [0.15, 0.2) is 30.6 Å². The van der Waals surface area contributed by atoms with Crippen LogP contribution in [0.4, 0.5) is 4.39 Å². The van der Waals surface area contributed by atoms with Gasteiger partial charge in [-0.3, -0.25) is 4.98 Å². The molecule has 1 heterocycles. The number of aromatic nitrogens is 1. The Kier molecular flexibility index (Phi) is 3.96. The van der Waals surface area contributed by atoms with Crippen molar-refractivity contribution in [1.29, 1.82) is 0 Å². The molecule has 2 aromatic rings. The molecule has 100 valence electrons. The predicted octanol–water partition coefficient (Wildman–Crippen LogP) is 3.48. The van der Waals surface area contributed by atoms with E-state index in [1.54, 1.807) is 18.5 Å². The van der Waals surface area contributed by atoms with Crippen molar-refractivity contribution in [2.45, 2.75) is 33.3 Å². The summed E-state index contributed by atoms with van der Waals surface area (Å²) in [6.07, 6.45) is 3.16. The third kappa shape index (κ3) is 2.66. The molecule has 0 aliphatic heterocycles. The van der Waals surface area contributed by atoms with Crippen molar-refractivity contribution in [3.05, 3.63) is 64.2 Å². The van der Waals surface area contributed by atoms with Crippen molar-refractivity contribution in [1.82, 2.24) is 4.98 Å². The van der Waals surface area contributed by atoms with Crippen LogP contribution in [-0.4, -0.2) is 10.1 Å². The maximum Gasteiger partial charge on any atom is 0.129 e. The monoisotopic (exact) mass is 259 g/mol. The normalized spacial score (nSPS) is 12.5. The van der Waals surface area contributed by atoms with E-state index in [9.17, 15) is 9.50 Å². The molecule has 3 heteroatoms. The van der Waals surface area contributed by atoms with Crippen molar-refractivity contribution < 1.29 is 9.50 Å². The van der Waals surface area contributed by atoms with Crippen LogP contribution in [0.25, 0.3) is 0 Å².